The molecule has 1 rings (SSSR count). The fraction of sp³-hybridized carbons (Fsp3) is 0.944. The Hall–Kier alpha value is -0.960. The molecule has 14 heteroatoms. The number of aliphatic hydroxyl groups excluding tert-OH is 7. The maximum absolute atomic E-state index is 13.1. The molecule has 0 saturated heterocycles. The minimum atomic E-state index is -5.14. The van der Waals surface area contributed by atoms with Crippen LogP contribution in [0.3, 0.4) is 0 Å². The molecule has 0 aromatic rings. The van der Waals surface area contributed by atoms with E-state index in [0.29, 0.717) is 12.8 Å². The number of carbonyl (C=O) groups excluding carboxylic acids is 1. The number of hydrogen-bond acceptors (Lipinski definition) is 11. The van der Waals surface area contributed by atoms with Crippen LogP contribution < -0.4 is 5.32 Å². The van der Waals surface area contributed by atoms with Gasteiger partial charge in [0.2, 0.25) is 5.91 Å². The van der Waals surface area contributed by atoms with E-state index in [9.17, 15) is 50.0 Å². The number of phosphoric acid groups is 1. The lowest BCUT2D eigenvalue weighted by Gasteiger charge is -2.41. The molecular formula is C54H106NO12P. The normalized spacial score (nSPS) is 22.1. The number of aliphatic hydroxyl groups is 7. The molecule has 68 heavy (non-hydrogen) atoms. The van der Waals surface area contributed by atoms with E-state index < -0.39 is 75.2 Å². The van der Waals surface area contributed by atoms with Crippen molar-refractivity contribution >= 4 is 13.7 Å². The summed E-state index contributed by atoms with van der Waals surface area (Å²) in [5.41, 5.74) is 0. The smallest absolute Gasteiger partial charge is 0.393 e. The Morgan fingerprint density at radius 2 is 0.838 bits per heavy atom. The molecule has 1 saturated carbocycles. The Balaban J connectivity index is 2.43. The molecule has 0 radical (unpaired) electrons. The second-order valence-corrected chi connectivity index (χ2v) is 21.7. The predicted octanol–water partition coefficient (Wildman–Crippen LogP) is 11.3. The molecule has 1 fully saturated rings. The lowest BCUT2D eigenvalue weighted by atomic mass is 9.85. The van der Waals surface area contributed by atoms with Crippen molar-refractivity contribution in [1.29, 1.82) is 0 Å². The minimum Gasteiger partial charge on any atom is -0.393 e. The number of carbonyl (C=O) groups is 1. The van der Waals surface area contributed by atoms with E-state index >= 15 is 0 Å². The van der Waals surface area contributed by atoms with Crippen LogP contribution in [0.4, 0.5) is 0 Å². The highest BCUT2D eigenvalue weighted by Crippen LogP contribution is 2.47. The summed E-state index contributed by atoms with van der Waals surface area (Å²) >= 11 is 0. The average molecular weight is 992 g/mol. The van der Waals surface area contributed by atoms with Gasteiger partial charge in [0.25, 0.3) is 0 Å². The Morgan fingerprint density at radius 1 is 0.515 bits per heavy atom. The second-order valence-electron chi connectivity index (χ2n) is 20.3. The van der Waals surface area contributed by atoms with Crippen molar-refractivity contribution in [2.24, 2.45) is 0 Å². The van der Waals surface area contributed by atoms with Gasteiger partial charge in [0.1, 0.15) is 36.6 Å². The highest BCUT2D eigenvalue weighted by atomic mass is 31.2. The molecule has 0 bridgehead atoms. The number of hydrogen-bond donors (Lipinski definition) is 9. The van der Waals surface area contributed by atoms with Crippen LogP contribution in [0.2, 0.25) is 0 Å². The summed E-state index contributed by atoms with van der Waals surface area (Å²) < 4.78 is 23.0. The monoisotopic (exact) mass is 992 g/mol. The van der Waals surface area contributed by atoms with Crippen molar-refractivity contribution in [1.82, 2.24) is 5.32 Å². The molecule has 0 aromatic heterocycles. The summed E-state index contributed by atoms with van der Waals surface area (Å²) in [5.74, 6) is -0.587. The maximum Gasteiger partial charge on any atom is 0.472 e. The van der Waals surface area contributed by atoms with E-state index in [1.165, 1.54) is 192 Å². The van der Waals surface area contributed by atoms with E-state index in [-0.39, 0.29) is 6.42 Å². The zero-order valence-corrected chi connectivity index (χ0v) is 44.2. The first-order chi connectivity index (χ1) is 32.8. The quantitative estimate of drug-likeness (QED) is 0.0158. The van der Waals surface area contributed by atoms with Crippen molar-refractivity contribution in [3.05, 3.63) is 12.2 Å². The van der Waals surface area contributed by atoms with Crippen molar-refractivity contribution < 1.29 is 59.0 Å². The first kappa shape index (κ1) is 65.1. The molecule has 1 aliphatic carbocycles. The fourth-order valence-electron chi connectivity index (χ4n) is 9.30. The number of phosphoric ester groups is 1. The predicted molar refractivity (Wildman–Crippen MR) is 275 cm³/mol. The van der Waals surface area contributed by atoms with Gasteiger partial charge in [0.15, 0.2) is 0 Å². The van der Waals surface area contributed by atoms with Crippen molar-refractivity contribution in [3.8, 4) is 0 Å². The lowest BCUT2D eigenvalue weighted by Crippen LogP contribution is -2.64. The van der Waals surface area contributed by atoms with Crippen LogP contribution in [0.25, 0.3) is 0 Å². The van der Waals surface area contributed by atoms with Gasteiger partial charge in [-0.1, -0.05) is 251 Å². The van der Waals surface area contributed by atoms with Gasteiger partial charge in [-0.25, -0.2) is 4.57 Å². The topological polar surface area (TPSA) is 226 Å². The third kappa shape index (κ3) is 34.4. The molecule has 1 aliphatic rings. The number of nitrogens with one attached hydrogen (secondary N) is 1. The van der Waals surface area contributed by atoms with Crippen LogP contribution in [-0.4, -0.2) is 108 Å². The summed E-state index contributed by atoms with van der Waals surface area (Å²) in [6.45, 7) is 3.79. The highest BCUT2D eigenvalue weighted by Gasteiger charge is 2.51. The highest BCUT2D eigenvalue weighted by molar-refractivity contribution is 7.47. The summed E-state index contributed by atoms with van der Waals surface area (Å²) in [7, 11) is -5.14. The van der Waals surface area contributed by atoms with Gasteiger partial charge in [0, 0.05) is 0 Å². The van der Waals surface area contributed by atoms with Gasteiger partial charge in [0.05, 0.1) is 31.3 Å². The van der Waals surface area contributed by atoms with E-state index in [1.54, 1.807) is 6.08 Å². The number of amides is 1. The van der Waals surface area contributed by atoms with Gasteiger partial charge >= 0.3 is 7.82 Å². The molecule has 9 N–H and O–H groups in total. The SMILES string of the molecule is CCCCCCCCCCCCCCCCCCC/C=C/C(O)C(COP(=O)(O)OC1C(O)C(O)C(O)C(O)C1O)NC(=O)CC(O)CCCCCCCCCCCCCCCCCCCCC. The molecule has 8 unspecified atom stereocenters. The van der Waals surface area contributed by atoms with Crippen LogP contribution in [0.15, 0.2) is 12.2 Å². The van der Waals surface area contributed by atoms with Gasteiger partial charge in [-0.3, -0.25) is 13.8 Å². The van der Waals surface area contributed by atoms with Crippen LogP contribution >= 0.6 is 7.82 Å². The number of rotatable bonds is 48. The molecule has 1 amide bonds. The third-order valence-electron chi connectivity index (χ3n) is 13.9. The Kier molecular flexibility index (Phi) is 41.7. The van der Waals surface area contributed by atoms with Crippen LogP contribution in [0, 0.1) is 0 Å². The third-order valence-corrected chi connectivity index (χ3v) is 14.9. The van der Waals surface area contributed by atoms with Crippen LogP contribution in [0.5, 0.6) is 0 Å². The summed E-state index contributed by atoms with van der Waals surface area (Å²) in [6.07, 6.45) is 35.7. The standard InChI is InChI=1S/C54H106NO12P/c1-3-5-7-9-11-13-15-17-19-21-23-25-27-29-31-33-35-37-39-41-45(56)43-48(58)55-46(44-66-68(64,65)67-54-52(62)50(60)49(59)51(61)53(54)63)47(57)42-40-38-36-34-32-30-28-26-24-22-20-18-16-14-12-10-8-6-4-2/h40,42,45-47,49-54,56-57,59-63H,3-39,41,43-44H2,1-2H3,(H,55,58)(H,64,65)/b42-40+. The zero-order chi connectivity index (χ0) is 50.1. The molecule has 0 spiro atoms. The molecule has 8 atom stereocenters. The lowest BCUT2D eigenvalue weighted by molar-refractivity contribution is -0.220. The molecule has 404 valence electrons. The van der Waals surface area contributed by atoms with E-state index in [2.05, 4.69) is 19.2 Å². The Bertz CT molecular complexity index is 1210. The molecule has 0 aromatic carbocycles. The van der Waals surface area contributed by atoms with E-state index in [1.807, 2.05) is 0 Å². The zero-order valence-electron chi connectivity index (χ0n) is 43.3. The summed E-state index contributed by atoms with van der Waals surface area (Å²) in [4.78, 5) is 23.6. The number of unbranched alkanes of at least 4 members (excludes halogenated alkanes) is 35. The largest absolute Gasteiger partial charge is 0.472 e. The Morgan fingerprint density at radius 3 is 1.21 bits per heavy atom. The van der Waals surface area contributed by atoms with Crippen molar-refractivity contribution in [2.45, 2.75) is 319 Å². The van der Waals surface area contributed by atoms with Crippen molar-refractivity contribution in [2.75, 3.05) is 6.61 Å². The first-order valence-electron chi connectivity index (χ1n) is 28.2. The van der Waals surface area contributed by atoms with Gasteiger partial charge in [-0.2, -0.15) is 0 Å². The minimum absolute atomic E-state index is 0.239. The van der Waals surface area contributed by atoms with Crippen LogP contribution in [0.1, 0.15) is 264 Å². The Labute approximate surface area is 414 Å². The average Bonchev–Trinajstić information content (AvgIpc) is 3.31. The first-order valence-corrected chi connectivity index (χ1v) is 29.7. The van der Waals surface area contributed by atoms with Crippen molar-refractivity contribution in [3.63, 3.8) is 0 Å². The molecule has 0 heterocycles. The second kappa shape index (κ2) is 43.6. The summed E-state index contributed by atoms with van der Waals surface area (Å²) in [5, 5.41) is 74.8. The van der Waals surface area contributed by atoms with Gasteiger partial charge < -0.3 is 46.0 Å². The van der Waals surface area contributed by atoms with E-state index in [4.69, 9.17) is 9.05 Å². The fourth-order valence-corrected chi connectivity index (χ4v) is 10.3. The molecule has 13 nitrogen and oxygen atoms in total. The van der Waals surface area contributed by atoms with Gasteiger partial charge in [-0.05, 0) is 19.3 Å². The maximum atomic E-state index is 13.1. The molecule has 0 aliphatic heterocycles. The van der Waals surface area contributed by atoms with E-state index in [0.717, 1.165) is 44.9 Å². The van der Waals surface area contributed by atoms with Crippen LogP contribution in [-0.2, 0) is 18.4 Å². The van der Waals surface area contributed by atoms with Gasteiger partial charge in [-0.15, -0.1) is 0 Å². The number of allylic oxidation sites excluding steroid dienone is 1. The summed E-state index contributed by atoms with van der Waals surface area (Å²) in [6, 6.07) is -1.24. The molecular weight excluding hydrogens is 886 g/mol.